The summed E-state index contributed by atoms with van der Waals surface area (Å²) in [6.07, 6.45) is 2.39. The van der Waals surface area contributed by atoms with Crippen LogP contribution in [0.15, 0.2) is 17.5 Å². The van der Waals surface area contributed by atoms with Crippen LogP contribution in [0.4, 0.5) is 0 Å². The molecule has 4 nitrogen and oxygen atoms in total. The monoisotopic (exact) mass is 295 g/mol. The van der Waals surface area contributed by atoms with Gasteiger partial charge in [-0.15, -0.1) is 11.3 Å². The Morgan fingerprint density at radius 3 is 3.10 bits per heavy atom. The number of rotatable bonds is 6. The standard InChI is InChI=1S/C15H25N3OS/c1-3-18(13-6-4-8-16-10-13)11-15(19)17-12(2)14-7-5-9-20-14/h5,7,9,12-13,16H,3-4,6,8,10-11H2,1-2H3,(H,17,19). The Kier molecular flexibility index (Phi) is 6.01. The summed E-state index contributed by atoms with van der Waals surface area (Å²) in [7, 11) is 0. The molecular weight excluding hydrogens is 270 g/mol. The molecular formula is C15H25N3OS. The molecule has 1 fully saturated rings. The van der Waals surface area contributed by atoms with Crippen LogP contribution in [0.1, 0.15) is 37.6 Å². The summed E-state index contributed by atoms with van der Waals surface area (Å²) in [6.45, 7) is 7.70. The smallest absolute Gasteiger partial charge is 0.234 e. The molecule has 1 saturated heterocycles. The molecule has 0 spiro atoms. The van der Waals surface area contributed by atoms with Crippen LogP contribution >= 0.6 is 11.3 Å². The first-order valence-electron chi connectivity index (χ1n) is 7.48. The molecule has 1 amide bonds. The number of piperidine rings is 1. The van der Waals surface area contributed by atoms with E-state index in [0.717, 1.165) is 19.6 Å². The second-order valence-electron chi connectivity index (χ2n) is 5.37. The van der Waals surface area contributed by atoms with Crippen molar-refractivity contribution in [1.82, 2.24) is 15.5 Å². The van der Waals surface area contributed by atoms with Crippen LogP contribution in [0.25, 0.3) is 0 Å². The molecule has 2 unspecified atom stereocenters. The minimum Gasteiger partial charge on any atom is -0.348 e. The summed E-state index contributed by atoms with van der Waals surface area (Å²) < 4.78 is 0. The van der Waals surface area contributed by atoms with Crippen LogP contribution in [-0.4, -0.2) is 43.0 Å². The minimum absolute atomic E-state index is 0.102. The van der Waals surface area contributed by atoms with Gasteiger partial charge in [0.1, 0.15) is 0 Å². The van der Waals surface area contributed by atoms with E-state index in [1.165, 1.54) is 17.7 Å². The lowest BCUT2D eigenvalue weighted by Gasteiger charge is -2.33. The van der Waals surface area contributed by atoms with E-state index in [2.05, 4.69) is 28.5 Å². The Hall–Kier alpha value is -0.910. The van der Waals surface area contributed by atoms with Crippen molar-refractivity contribution >= 4 is 17.2 Å². The maximum atomic E-state index is 12.2. The van der Waals surface area contributed by atoms with Crippen LogP contribution in [0.3, 0.4) is 0 Å². The third kappa shape index (κ3) is 4.30. The summed E-state index contributed by atoms with van der Waals surface area (Å²) in [5.74, 6) is 0.123. The number of amides is 1. The van der Waals surface area contributed by atoms with Crippen LogP contribution in [0.2, 0.25) is 0 Å². The second kappa shape index (κ2) is 7.76. The summed E-state index contributed by atoms with van der Waals surface area (Å²) in [5, 5.41) is 8.56. The van der Waals surface area contributed by atoms with Gasteiger partial charge in [-0.25, -0.2) is 0 Å². The number of hydrogen-bond donors (Lipinski definition) is 2. The molecule has 2 heterocycles. The second-order valence-corrected chi connectivity index (χ2v) is 6.35. The lowest BCUT2D eigenvalue weighted by molar-refractivity contribution is -0.123. The van der Waals surface area contributed by atoms with Gasteiger partial charge in [-0.3, -0.25) is 9.69 Å². The first kappa shape index (κ1) is 15.5. The summed E-state index contributed by atoms with van der Waals surface area (Å²) >= 11 is 1.69. The van der Waals surface area contributed by atoms with E-state index in [1.807, 2.05) is 18.4 Å². The fourth-order valence-electron chi connectivity index (χ4n) is 2.72. The van der Waals surface area contributed by atoms with Crippen LogP contribution in [0, 0.1) is 0 Å². The van der Waals surface area contributed by atoms with E-state index in [1.54, 1.807) is 11.3 Å². The van der Waals surface area contributed by atoms with E-state index in [4.69, 9.17) is 0 Å². The fraction of sp³-hybridized carbons (Fsp3) is 0.667. The molecule has 2 N–H and O–H groups in total. The van der Waals surface area contributed by atoms with Crippen molar-refractivity contribution in [1.29, 1.82) is 0 Å². The molecule has 1 aliphatic heterocycles. The van der Waals surface area contributed by atoms with Gasteiger partial charge < -0.3 is 10.6 Å². The van der Waals surface area contributed by atoms with E-state index in [0.29, 0.717) is 12.6 Å². The average Bonchev–Trinajstić information content (AvgIpc) is 3.00. The molecule has 20 heavy (non-hydrogen) atoms. The van der Waals surface area contributed by atoms with Gasteiger partial charge in [-0.2, -0.15) is 0 Å². The van der Waals surface area contributed by atoms with E-state index in [-0.39, 0.29) is 11.9 Å². The van der Waals surface area contributed by atoms with Crippen LogP contribution in [0.5, 0.6) is 0 Å². The Bertz CT molecular complexity index is 401. The Labute approximate surface area is 125 Å². The predicted molar refractivity (Wildman–Crippen MR) is 84.0 cm³/mol. The van der Waals surface area contributed by atoms with Gasteiger partial charge >= 0.3 is 0 Å². The van der Waals surface area contributed by atoms with Gasteiger partial charge in [0.15, 0.2) is 0 Å². The highest BCUT2D eigenvalue weighted by Crippen LogP contribution is 2.18. The van der Waals surface area contributed by atoms with Gasteiger partial charge in [0.05, 0.1) is 12.6 Å². The molecule has 0 aliphatic carbocycles. The molecule has 1 aromatic heterocycles. The number of carbonyl (C=O) groups is 1. The molecule has 0 bridgehead atoms. The highest BCUT2D eigenvalue weighted by molar-refractivity contribution is 7.10. The summed E-state index contributed by atoms with van der Waals surface area (Å²) in [6, 6.07) is 4.69. The van der Waals surface area contributed by atoms with Crippen molar-refractivity contribution < 1.29 is 4.79 Å². The zero-order chi connectivity index (χ0) is 14.4. The largest absolute Gasteiger partial charge is 0.348 e. The molecule has 0 radical (unpaired) electrons. The van der Waals surface area contributed by atoms with Gasteiger partial charge in [-0.1, -0.05) is 13.0 Å². The maximum absolute atomic E-state index is 12.2. The number of hydrogen-bond acceptors (Lipinski definition) is 4. The molecule has 5 heteroatoms. The molecule has 2 rings (SSSR count). The van der Waals surface area contributed by atoms with Crippen molar-refractivity contribution in [3.8, 4) is 0 Å². The molecule has 1 aromatic rings. The molecule has 1 aliphatic rings. The normalized spacial score (nSPS) is 20.9. The quantitative estimate of drug-likeness (QED) is 0.844. The van der Waals surface area contributed by atoms with E-state index < -0.39 is 0 Å². The third-order valence-corrected chi connectivity index (χ3v) is 4.94. The number of nitrogens with zero attached hydrogens (tertiary/aromatic N) is 1. The summed E-state index contributed by atoms with van der Waals surface area (Å²) in [4.78, 5) is 15.7. The Morgan fingerprint density at radius 1 is 1.65 bits per heavy atom. The first-order valence-corrected chi connectivity index (χ1v) is 8.36. The van der Waals surface area contributed by atoms with Crippen molar-refractivity contribution in [2.75, 3.05) is 26.2 Å². The van der Waals surface area contributed by atoms with Crippen molar-refractivity contribution in [3.05, 3.63) is 22.4 Å². The zero-order valence-corrected chi connectivity index (χ0v) is 13.2. The van der Waals surface area contributed by atoms with Gasteiger partial charge in [0.25, 0.3) is 0 Å². The Balaban J connectivity index is 1.82. The van der Waals surface area contributed by atoms with Gasteiger partial charge in [-0.05, 0) is 44.3 Å². The van der Waals surface area contributed by atoms with Crippen molar-refractivity contribution in [2.45, 2.75) is 38.8 Å². The third-order valence-electron chi connectivity index (χ3n) is 3.89. The van der Waals surface area contributed by atoms with Crippen molar-refractivity contribution in [3.63, 3.8) is 0 Å². The number of thiophene rings is 1. The van der Waals surface area contributed by atoms with Crippen LogP contribution < -0.4 is 10.6 Å². The highest BCUT2D eigenvalue weighted by Gasteiger charge is 2.22. The topological polar surface area (TPSA) is 44.4 Å². The highest BCUT2D eigenvalue weighted by atomic mass is 32.1. The zero-order valence-electron chi connectivity index (χ0n) is 12.4. The maximum Gasteiger partial charge on any atom is 0.234 e. The minimum atomic E-state index is 0.102. The molecule has 112 valence electrons. The molecule has 0 aromatic carbocycles. The lowest BCUT2D eigenvalue weighted by Crippen LogP contribution is -2.49. The number of carbonyl (C=O) groups excluding carboxylic acids is 1. The van der Waals surface area contributed by atoms with E-state index in [9.17, 15) is 4.79 Å². The van der Waals surface area contributed by atoms with Gasteiger partial charge in [0.2, 0.25) is 5.91 Å². The SMILES string of the molecule is CCN(CC(=O)NC(C)c1cccs1)C1CCCNC1. The number of nitrogens with one attached hydrogen (secondary N) is 2. The average molecular weight is 295 g/mol. The first-order chi connectivity index (χ1) is 9.70. The molecule has 0 saturated carbocycles. The summed E-state index contributed by atoms with van der Waals surface area (Å²) in [5.41, 5.74) is 0. The lowest BCUT2D eigenvalue weighted by atomic mass is 10.1. The predicted octanol–water partition coefficient (Wildman–Crippen LogP) is 2.00. The van der Waals surface area contributed by atoms with Gasteiger partial charge in [0, 0.05) is 17.5 Å². The molecule has 2 atom stereocenters. The Morgan fingerprint density at radius 2 is 2.50 bits per heavy atom. The number of likely N-dealkylation sites (N-methyl/N-ethyl adjacent to an activating group) is 1. The fourth-order valence-corrected chi connectivity index (χ4v) is 3.46. The van der Waals surface area contributed by atoms with Crippen molar-refractivity contribution in [2.24, 2.45) is 0 Å². The van der Waals surface area contributed by atoms with Crippen LogP contribution in [-0.2, 0) is 4.79 Å². The van der Waals surface area contributed by atoms with E-state index >= 15 is 0 Å².